The molecule has 0 aliphatic rings. The zero-order valence-corrected chi connectivity index (χ0v) is 15.1. The van der Waals surface area contributed by atoms with E-state index in [2.05, 4.69) is 10.4 Å². The molecule has 1 aromatic heterocycles. The number of amides is 1. The number of carbonyl (C=O) groups excluding carboxylic acids is 1. The molecule has 0 saturated heterocycles. The number of hydrogen-bond donors (Lipinski definition) is 1. The van der Waals surface area contributed by atoms with E-state index in [9.17, 15) is 35.5 Å². The SMILES string of the molecule is Cn1nc(C(F)(F)F)c(C(=O)Nc2ccccc2-c2ccc(C(F)(F)F)cc2)c1F. The number of rotatable bonds is 3. The van der Waals surface area contributed by atoms with Crippen molar-refractivity contribution in [2.24, 2.45) is 7.05 Å². The first-order chi connectivity index (χ1) is 13.9. The minimum absolute atomic E-state index is 0.0152. The van der Waals surface area contributed by atoms with Gasteiger partial charge in [0, 0.05) is 18.3 Å². The number of para-hydroxylation sites is 1. The van der Waals surface area contributed by atoms with E-state index >= 15 is 0 Å². The third-order valence-electron chi connectivity index (χ3n) is 4.17. The molecule has 0 fully saturated rings. The second-order valence-corrected chi connectivity index (χ2v) is 6.21. The van der Waals surface area contributed by atoms with Crippen molar-refractivity contribution < 1.29 is 35.5 Å². The lowest BCUT2D eigenvalue weighted by molar-refractivity contribution is -0.141. The summed E-state index contributed by atoms with van der Waals surface area (Å²) in [7, 11) is 0.914. The second-order valence-electron chi connectivity index (χ2n) is 6.21. The molecule has 1 heterocycles. The van der Waals surface area contributed by atoms with E-state index in [4.69, 9.17) is 0 Å². The van der Waals surface area contributed by atoms with Gasteiger partial charge in [-0.25, -0.2) is 4.68 Å². The van der Waals surface area contributed by atoms with Crippen molar-refractivity contribution in [3.05, 3.63) is 71.3 Å². The van der Waals surface area contributed by atoms with Gasteiger partial charge in [0.25, 0.3) is 5.91 Å². The second kappa shape index (κ2) is 7.47. The van der Waals surface area contributed by atoms with Gasteiger partial charge in [-0.1, -0.05) is 30.3 Å². The molecule has 0 saturated carbocycles. The van der Waals surface area contributed by atoms with Crippen LogP contribution in [0, 0.1) is 5.95 Å². The highest BCUT2D eigenvalue weighted by Gasteiger charge is 2.41. The summed E-state index contributed by atoms with van der Waals surface area (Å²) >= 11 is 0. The van der Waals surface area contributed by atoms with E-state index in [1.165, 1.54) is 24.3 Å². The first kappa shape index (κ1) is 21.3. The molecule has 1 N–H and O–H groups in total. The maximum Gasteiger partial charge on any atom is 0.436 e. The Morgan fingerprint density at radius 1 is 0.933 bits per heavy atom. The zero-order valence-electron chi connectivity index (χ0n) is 15.1. The fraction of sp³-hybridized carbons (Fsp3) is 0.158. The number of nitrogens with zero attached hydrogens (tertiary/aromatic N) is 2. The van der Waals surface area contributed by atoms with Gasteiger partial charge in [-0.05, 0) is 23.8 Å². The Morgan fingerprint density at radius 3 is 2.10 bits per heavy atom. The lowest BCUT2D eigenvalue weighted by atomic mass is 10.0. The highest BCUT2D eigenvalue weighted by molar-refractivity contribution is 6.07. The molecule has 0 radical (unpaired) electrons. The molecular weight excluding hydrogens is 419 g/mol. The summed E-state index contributed by atoms with van der Waals surface area (Å²) in [6.07, 6.45) is -9.61. The van der Waals surface area contributed by atoms with Crippen LogP contribution < -0.4 is 5.32 Å². The molecule has 1 amide bonds. The summed E-state index contributed by atoms with van der Waals surface area (Å²) in [5.74, 6) is -2.88. The standard InChI is InChI=1S/C19H12F7N3O/c1-29-16(20)14(15(28-29)19(24,25)26)17(30)27-13-5-3-2-4-12(13)10-6-8-11(9-7-10)18(21,22)23/h2-9H,1H3,(H,27,30). The molecule has 0 unspecified atom stereocenters. The Balaban J connectivity index is 1.98. The van der Waals surface area contributed by atoms with Crippen molar-refractivity contribution >= 4 is 11.6 Å². The van der Waals surface area contributed by atoms with Crippen molar-refractivity contribution in [2.45, 2.75) is 12.4 Å². The van der Waals surface area contributed by atoms with E-state index < -0.39 is 41.0 Å². The van der Waals surface area contributed by atoms with Crippen LogP contribution in [0.15, 0.2) is 48.5 Å². The van der Waals surface area contributed by atoms with Crippen LogP contribution in [0.1, 0.15) is 21.6 Å². The van der Waals surface area contributed by atoms with Gasteiger partial charge in [-0.2, -0.15) is 35.8 Å². The number of halogens is 7. The van der Waals surface area contributed by atoms with Crippen LogP contribution in [0.3, 0.4) is 0 Å². The predicted octanol–water partition coefficient (Wildman–Crippen LogP) is 5.52. The Bertz CT molecular complexity index is 1080. The predicted molar refractivity (Wildman–Crippen MR) is 93.0 cm³/mol. The van der Waals surface area contributed by atoms with Crippen LogP contribution in [-0.4, -0.2) is 15.7 Å². The summed E-state index contributed by atoms with van der Waals surface area (Å²) in [4.78, 5) is 12.4. The molecule has 2 aromatic carbocycles. The monoisotopic (exact) mass is 431 g/mol. The molecule has 3 aromatic rings. The zero-order chi connectivity index (χ0) is 22.3. The number of benzene rings is 2. The number of alkyl halides is 6. The topological polar surface area (TPSA) is 46.9 Å². The van der Waals surface area contributed by atoms with Gasteiger partial charge in [0.15, 0.2) is 5.69 Å². The third kappa shape index (κ3) is 4.14. The first-order valence-electron chi connectivity index (χ1n) is 8.27. The van der Waals surface area contributed by atoms with Crippen LogP contribution >= 0.6 is 0 Å². The van der Waals surface area contributed by atoms with Crippen molar-refractivity contribution in [2.75, 3.05) is 5.32 Å². The number of aromatic nitrogens is 2. The summed E-state index contributed by atoms with van der Waals surface area (Å²) in [6, 6.07) is 9.71. The average Bonchev–Trinajstić information content (AvgIpc) is 2.97. The molecule has 3 rings (SSSR count). The molecule has 30 heavy (non-hydrogen) atoms. The van der Waals surface area contributed by atoms with Gasteiger partial charge in [-0.3, -0.25) is 4.79 Å². The molecule has 0 spiro atoms. The number of aryl methyl sites for hydroxylation is 1. The maximum absolute atomic E-state index is 14.1. The fourth-order valence-corrected chi connectivity index (χ4v) is 2.77. The van der Waals surface area contributed by atoms with Gasteiger partial charge in [0.2, 0.25) is 5.95 Å². The van der Waals surface area contributed by atoms with Gasteiger partial charge in [0.1, 0.15) is 5.56 Å². The third-order valence-corrected chi connectivity index (χ3v) is 4.17. The molecule has 158 valence electrons. The Kier molecular flexibility index (Phi) is 5.31. The van der Waals surface area contributed by atoms with E-state index in [0.717, 1.165) is 31.3 Å². The average molecular weight is 431 g/mol. The van der Waals surface area contributed by atoms with Crippen molar-refractivity contribution in [1.82, 2.24) is 9.78 Å². The van der Waals surface area contributed by atoms with E-state index in [0.29, 0.717) is 4.68 Å². The largest absolute Gasteiger partial charge is 0.436 e. The fourth-order valence-electron chi connectivity index (χ4n) is 2.77. The minimum atomic E-state index is -5.07. The molecule has 4 nitrogen and oxygen atoms in total. The normalized spacial score (nSPS) is 12.1. The Hall–Kier alpha value is -3.37. The molecule has 11 heteroatoms. The van der Waals surface area contributed by atoms with Crippen molar-refractivity contribution in [1.29, 1.82) is 0 Å². The first-order valence-corrected chi connectivity index (χ1v) is 8.27. The molecule has 0 bridgehead atoms. The molecular formula is C19H12F7N3O. The van der Waals surface area contributed by atoms with Gasteiger partial charge in [0.05, 0.1) is 5.56 Å². The van der Waals surface area contributed by atoms with Crippen LogP contribution in [0.25, 0.3) is 11.1 Å². The van der Waals surface area contributed by atoms with Crippen LogP contribution in [0.2, 0.25) is 0 Å². The van der Waals surface area contributed by atoms with Crippen molar-refractivity contribution in [3.63, 3.8) is 0 Å². The number of hydrogen-bond acceptors (Lipinski definition) is 2. The molecule has 0 aliphatic carbocycles. The van der Waals surface area contributed by atoms with Gasteiger partial charge in [-0.15, -0.1) is 0 Å². The number of nitrogens with one attached hydrogen (secondary N) is 1. The smallest absolute Gasteiger partial charge is 0.321 e. The van der Waals surface area contributed by atoms with E-state index in [1.807, 2.05) is 0 Å². The van der Waals surface area contributed by atoms with Crippen LogP contribution in [0.4, 0.5) is 36.4 Å². The Morgan fingerprint density at radius 2 is 1.53 bits per heavy atom. The lowest BCUT2D eigenvalue weighted by Gasteiger charge is -2.13. The summed E-state index contributed by atoms with van der Waals surface area (Å²) in [5, 5.41) is 5.19. The summed E-state index contributed by atoms with van der Waals surface area (Å²) in [6.45, 7) is 0. The van der Waals surface area contributed by atoms with Crippen molar-refractivity contribution in [3.8, 4) is 11.1 Å². The van der Waals surface area contributed by atoms with E-state index in [1.54, 1.807) is 0 Å². The summed E-state index contributed by atoms with van der Waals surface area (Å²) in [5.41, 5.74) is -3.38. The van der Waals surface area contributed by atoms with E-state index in [-0.39, 0.29) is 16.8 Å². The maximum atomic E-state index is 14.1. The molecule has 0 aliphatic heterocycles. The van der Waals surface area contributed by atoms with Gasteiger partial charge >= 0.3 is 12.4 Å². The van der Waals surface area contributed by atoms with Gasteiger partial charge < -0.3 is 5.32 Å². The number of anilines is 1. The van der Waals surface area contributed by atoms with Crippen LogP contribution in [0.5, 0.6) is 0 Å². The highest BCUT2D eigenvalue weighted by Crippen LogP contribution is 2.35. The highest BCUT2D eigenvalue weighted by atomic mass is 19.4. The lowest BCUT2D eigenvalue weighted by Crippen LogP contribution is -2.19. The molecule has 0 atom stereocenters. The summed E-state index contributed by atoms with van der Waals surface area (Å²) < 4.78 is 92.0. The number of carbonyl (C=O) groups is 1. The minimum Gasteiger partial charge on any atom is -0.321 e. The quantitative estimate of drug-likeness (QED) is 0.556. The Labute approximate surface area is 164 Å². The van der Waals surface area contributed by atoms with Crippen LogP contribution in [-0.2, 0) is 19.4 Å².